The number of nitrogens with zero attached hydrogens (tertiary/aromatic N) is 4. The minimum Gasteiger partial charge on any atom is -0.309 e. The lowest BCUT2D eigenvalue weighted by atomic mass is 10.0. The molecule has 4 nitrogen and oxygen atoms in total. The van der Waals surface area contributed by atoms with Crippen LogP contribution >= 0.6 is 11.6 Å². The summed E-state index contributed by atoms with van der Waals surface area (Å²) in [6.45, 7) is 10.9. The number of hydrogen-bond donors (Lipinski definition) is 0. The number of aromatic nitrogens is 4. The monoisotopic (exact) mass is 310 g/mol. The van der Waals surface area contributed by atoms with Gasteiger partial charge >= 0.3 is 0 Å². The summed E-state index contributed by atoms with van der Waals surface area (Å²) in [5.41, 5.74) is 3.17. The Bertz CT molecular complexity index is 609. The molecule has 5 heteroatoms. The summed E-state index contributed by atoms with van der Waals surface area (Å²) < 4.78 is 4.25. The second-order valence-electron chi connectivity index (χ2n) is 6.37. The van der Waals surface area contributed by atoms with Gasteiger partial charge in [-0.05, 0) is 39.0 Å². The summed E-state index contributed by atoms with van der Waals surface area (Å²) in [6, 6.07) is 0.383. The Morgan fingerprint density at radius 1 is 1.14 bits per heavy atom. The van der Waals surface area contributed by atoms with Crippen molar-refractivity contribution in [3.05, 3.63) is 11.5 Å². The molecule has 0 bridgehead atoms. The molecule has 2 rings (SSSR count). The van der Waals surface area contributed by atoms with E-state index < -0.39 is 0 Å². The van der Waals surface area contributed by atoms with Gasteiger partial charge in [-0.15, -0.1) is 11.6 Å². The summed E-state index contributed by atoms with van der Waals surface area (Å²) >= 11 is 6.38. The van der Waals surface area contributed by atoms with Crippen LogP contribution in [-0.2, 0) is 13.5 Å². The number of fused-ring (bicyclic) bond motifs is 1. The first-order valence-corrected chi connectivity index (χ1v) is 8.38. The molecule has 2 unspecified atom stereocenters. The van der Waals surface area contributed by atoms with Crippen LogP contribution in [0, 0.1) is 5.92 Å². The van der Waals surface area contributed by atoms with Crippen molar-refractivity contribution < 1.29 is 0 Å². The van der Waals surface area contributed by atoms with Crippen LogP contribution in [0.5, 0.6) is 0 Å². The maximum absolute atomic E-state index is 6.38. The molecule has 0 aromatic carbocycles. The average molecular weight is 311 g/mol. The molecule has 2 heterocycles. The Kier molecular flexibility index (Phi) is 4.97. The highest BCUT2D eigenvalue weighted by Gasteiger charge is 2.23. The van der Waals surface area contributed by atoms with Crippen LogP contribution < -0.4 is 0 Å². The van der Waals surface area contributed by atoms with Crippen LogP contribution in [0.1, 0.15) is 70.4 Å². The minimum atomic E-state index is -0.0939. The van der Waals surface area contributed by atoms with Gasteiger partial charge in [-0.25, -0.2) is 4.98 Å². The predicted molar refractivity (Wildman–Crippen MR) is 88.9 cm³/mol. The first-order valence-electron chi connectivity index (χ1n) is 7.94. The SMILES string of the molecule is CCc1nn(C)c2c1nc(C(C)Cl)n2C(C)CCC(C)C. The molecule has 0 radical (unpaired) electrons. The first-order chi connectivity index (χ1) is 9.86. The normalized spacial score (nSPS) is 15.0. The van der Waals surface area contributed by atoms with E-state index in [1.165, 1.54) is 6.42 Å². The molecule has 21 heavy (non-hydrogen) atoms. The van der Waals surface area contributed by atoms with Crippen molar-refractivity contribution in [1.29, 1.82) is 0 Å². The van der Waals surface area contributed by atoms with Crippen molar-refractivity contribution >= 4 is 22.8 Å². The van der Waals surface area contributed by atoms with Gasteiger partial charge in [-0.3, -0.25) is 4.68 Å². The largest absolute Gasteiger partial charge is 0.309 e. The zero-order chi connectivity index (χ0) is 15.7. The van der Waals surface area contributed by atoms with Gasteiger partial charge in [-0.1, -0.05) is 20.8 Å². The molecule has 0 saturated heterocycles. The minimum absolute atomic E-state index is 0.0939. The topological polar surface area (TPSA) is 35.6 Å². The third-order valence-corrected chi connectivity index (χ3v) is 4.25. The second kappa shape index (κ2) is 6.39. The van der Waals surface area contributed by atoms with Crippen molar-refractivity contribution in [1.82, 2.24) is 19.3 Å². The highest BCUT2D eigenvalue weighted by molar-refractivity contribution is 6.20. The molecule has 118 valence electrons. The van der Waals surface area contributed by atoms with Gasteiger partial charge in [0.2, 0.25) is 0 Å². The number of rotatable bonds is 6. The van der Waals surface area contributed by atoms with Crippen molar-refractivity contribution in [2.75, 3.05) is 0 Å². The Labute approximate surface area is 132 Å². The smallest absolute Gasteiger partial charge is 0.158 e. The average Bonchev–Trinajstić information content (AvgIpc) is 2.94. The third-order valence-electron chi connectivity index (χ3n) is 4.06. The van der Waals surface area contributed by atoms with Crippen molar-refractivity contribution in [2.45, 2.75) is 65.3 Å². The van der Waals surface area contributed by atoms with E-state index in [2.05, 4.69) is 37.4 Å². The van der Waals surface area contributed by atoms with Gasteiger partial charge < -0.3 is 4.57 Å². The van der Waals surface area contributed by atoms with E-state index >= 15 is 0 Å². The lowest BCUT2D eigenvalue weighted by Gasteiger charge is -2.19. The molecule has 0 aliphatic heterocycles. The lowest BCUT2D eigenvalue weighted by molar-refractivity contribution is 0.432. The Morgan fingerprint density at radius 2 is 1.81 bits per heavy atom. The van der Waals surface area contributed by atoms with Crippen molar-refractivity contribution in [3.63, 3.8) is 0 Å². The molecule has 2 aromatic rings. The fraction of sp³-hybridized carbons (Fsp3) is 0.750. The molecule has 0 aliphatic carbocycles. The van der Waals surface area contributed by atoms with Gasteiger partial charge in [-0.2, -0.15) is 5.10 Å². The van der Waals surface area contributed by atoms with Crippen LogP contribution in [-0.4, -0.2) is 19.3 Å². The maximum Gasteiger partial charge on any atom is 0.158 e. The molecule has 0 N–H and O–H groups in total. The molecule has 0 aliphatic rings. The van der Waals surface area contributed by atoms with Gasteiger partial charge in [0.25, 0.3) is 0 Å². The van der Waals surface area contributed by atoms with Crippen LogP contribution in [0.4, 0.5) is 0 Å². The zero-order valence-corrected chi connectivity index (χ0v) is 14.8. The summed E-state index contributed by atoms with van der Waals surface area (Å²) in [5, 5.41) is 4.50. The van der Waals surface area contributed by atoms with E-state index in [1.807, 2.05) is 18.7 Å². The quantitative estimate of drug-likeness (QED) is 0.729. The third kappa shape index (κ3) is 3.10. The van der Waals surface area contributed by atoms with E-state index in [-0.39, 0.29) is 5.38 Å². The first kappa shape index (κ1) is 16.3. The molecular formula is C16H27ClN4. The van der Waals surface area contributed by atoms with Gasteiger partial charge in [0.1, 0.15) is 11.3 Å². The molecule has 0 saturated carbocycles. The second-order valence-corrected chi connectivity index (χ2v) is 7.03. The predicted octanol–water partition coefficient (Wildman–Crippen LogP) is 4.63. The van der Waals surface area contributed by atoms with Crippen molar-refractivity contribution in [3.8, 4) is 0 Å². The standard InChI is InChI=1S/C16H27ClN4/c1-7-13-14-16(20(6)19-13)21(15(18-14)12(5)17)11(4)9-8-10(2)3/h10-12H,7-9H2,1-6H3. The van der Waals surface area contributed by atoms with E-state index in [0.717, 1.165) is 35.5 Å². The van der Waals surface area contributed by atoms with Crippen molar-refractivity contribution in [2.24, 2.45) is 13.0 Å². The Hall–Kier alpha value is -1.03. The number of alkyl halides is 1. The summed E-state index contributed by atoms with van der Waals surface area (Å²) in [5.74, 6) is 1.67. The van der Waals surface area contributed by atoms with E-state index in [9.17, 15) is 0 Å². The van der Waals surface area contributed by atoms with Gasteiger partial charge in [0.05, 0.1) is 11.1 Å². The number of aryl methyl sites for hydroxylation is 2. The summed E-state index contributed by atoms with van der Waals surface area (Å²) in [6.07, 6.45) is 3.23. The van der Waals surface area contributed by atoms with E-state index in [1.54, 1.807) is 0 Å². The molecule has 2 aromatic heterocycles. The number of halogens is 1. The fourth-order valence-corrected chi connectivity index (χ4v) is 3.03. The Morgan fingerprint density at radius 3 is 2.33 bits per heavy atom. The lowest BCUT2D eigenvalue weighted by Crippen LogP contribution is -2.13. The van der Waals surface area contributed by atoms with E-state index in [0.29, 0.717) is 12.0 Å². The molecule has 0 fully saturated rings. The highest BCUT2D eigenvalue weighted by atomic mass is 35.5. The summed E-state index contributed by atoms with van der Waals surface area (Å²) in [4.78, 5) is 4.80. The molecule has 2 atom stereocenters. The van der Waals surface area contributed by atoms with E-state index in [4.69, 9.17) is 16.6 Å². The molecular weight excluding hydrogens is 284 g/mol. The van der Waals surface area contributed by atoms with Gasteiger partial charge in [0, 0.05) is 13.1 Å². The highest BCUT2D eigenvalue weighted by Crippen LogP contribution is 2.31. The van der Waals surface area contributed by atoms with Crippen LogP contribution in [0.3, 0.4) is 0 Å². The maximum atomic E-state index is 6.38. The fourth-order valence-electron chi connectivity index (χ4n) is 2.88. The molecule has 0 spiro atoms. The zero-order valence-electron chi connectivity index (χ0n) is 14.0. The number of hydrogen-bond acceptors (Lipinski definition) is 2. The van der Waals surface area contributed by atoms with Gasteiger partial charge in [0.15, 0.2) is 5.65 Å². The van der Waals surface area contributed by atoms with Crippen LogP contribution in [0.15, 0.2) is 0 Å². The summed E-state index contributed by atoms with van der Waals surface area (Å²) in [7, 11) is 2.00. The molecule has 0 amide bonds. The number of imidazole rings is 1. The van der Waals surface area contributed by atoms with Crippen LogP contribution in [0.25, 0.3) is 11.2 Å². The Balaban J connectivity index is 2.53. The van der Waals surface area contributed by atoms with Crippen LogP contribution in [0.2, 0.25) is 0 Å².